The number of amides is 1. The SMILES string of the molecule is O=C(O)CC(NC(=O)c1sccc1-n1cccc1)C1CC1. The van der Waals surface area contributed by atoms with E-state index < -0.39 is 5.97 Å². The molecule has 0 bridgehead atoms. The van der Waals surface area contributed by atoms with E-state index in [4.69, 9.17) is 5.11 Å². The molecular weight excluding hydrogens is 288 g/mol. The Morgan fingerprint density at radius 1 is 1.38 bits per heavy atom. The van der Waals surface area contributed by atoms with Gasteiger partial charge in [-0.3, -0.25) is 9.59 Å². The lowest BCUT2D eigenvalue weighted by molar-refractivity contribution is -0.137. The van der Waals surface area contributed by atoms with Gasteiger partial charge in [-0.05, 0) is 42.3 Å². The molecule has 2 aromatic heterocycles. The van der Waals surface area contributed by atoms with Gasteiger partial charge in [-0.25, -0.2) is 0 Å². The summed E-state index contributed by atoms with van der Waals surface area (Å²) in [7, 11) is 0. The summed E-state index contributed by atoms with van der Waals surface area (Å²) in [5.74, 6) is -0.754. The van der Waals surface area contributed by atoms with Gasteiger partial charge in [0.1, 0.15) is 4.88 Å². The topological polar surface area (TPSA) is 71.3 Å². The molecule has 1 aliphatic rings. The third-order valence-electron chi connectivity index (χ3n) is 3.64. The molecule has 1 amide bonds. The van der Waals surface area contributed by atoms with Crippen LogP contribution in [0.3, 0.4) is 0 Å². The zero-order chi connectivity index (χ0) is 14.8. The molecule has 1 saturated carbocycles. The van der Waals surface area contributed by atoms with E-state index in [9.17, 15) is 9.59 Å². The second-order valence-corrected chi connectivity index (χ2v) is 6.16. The van der Waals surface area contributed by atoms with Gasteiger partial charge in [0.05, 0.1) is 12.1 Å². The molecule has 0 aromatic carbocycles. The van der Waals surface area contributed by atoms with Crippen LogP contribution >= 0.6 is 11.3 Å². The molecule has 0 saturated heterocycles. The van der Waals surface area contributed by atoms with E-state index in [1.807, 2.05) is 40.5 Å². The minimum Gasteiger partial charge on any atom is -0.481 e. The maximum absolute atomic E-state index is 12.4. The highest BCUT2D eigenvalue weighted by Crippen LogP contribution is 2.34. The predicted molar refractivity (Wildman–Crippen MR) is 79.9 cm³/mol. The Morgan fingerprint density at radius 2 is 2.10 bits per heavy atom. The number of aromatic nitrogens is 1. The molecular formula is C15H16N2O3S. The largest absolute Gasteiger partial charge is 0.481 e. The fourth-order valence-electron chi connectivity index (χ4n) is 2.43. The molecule has 2 heterocycles. The minimum absolute atomic E-state index is 0.0133. The Hall–Kier alpha value is -2.08. The molecule has 3 rings (SSSR count). The van der Waals surface area contributed by atoms with Gasteiger partial charge in [-0.2, -0.15) is 0 Å². The number of nitrogens with zero attached hydrogens (tertiary/aromatic N) is 1. The summed E-state index contributed by atoms with van der Waals surface area (Å²) < 4.78 is 1.88. The number of nitrogens with one attached hydrogen (secondary N) is 1. The van der Waals surface area contributed by atoms with Crippen molar-refractivity contribution >= 4 is 23.2 Å². The Labute approximate surface area is 126 Å². The quantitative estimate of drug-likeness (QED) is 0.861. The van der Waals surface area contributed by atoms with Gasteiger partial charge in [0.15, 0.2) is 0 Å². The summed E-state index contributed by atoms with van der Waals surface area (Å²) in [5, 5.41) is 13.7. The lowest BCUT2D eigenvalue weighted by atomic mass is 10.1. The normalized spacial score (nSPS) is 15.6. The Morgan fingerprint density at radius 3 is 2.71 bits per heavy atom. The number of carboxylic acids is 1. The molecule has 21 heavy (non-hydrogen) atoms. The summed E-state index contributed by atoms with van der Waals surface area (Å²) in [4.78, 5) is 24.0. The molecule has 0 radical (unpaired) electrons. The van der Waals surface area contributed by atoms with Crippen LogP contribution in [-0.4, -0.2) is 27.6 Å². The first-order chi connectivity index (χ1) is 10.1. The fraction of sp³-hybridized carbons (Fsp3) is 0.333. The van der Waals surface area contributed by atoms with Crippen LogP contribution in [0, 0.1) is 5.92 Å². The highest BCUT2D eigenvalue weighted by atomic mass is 32.1. The van der Waals surface area contributed by atoms with Crippen LogP contribution < -0.4 is 5.32 Å². The highest BCUT2D eigenvalue weighted by molar-refractivity contribution is 7.12. The molecule has 2 N–H and O–H groups in total. The van der Waals surface area contributed by atoms with E-state index in [2.05, 4.69) is 5.32 Å². The second-order valence-electron chi connectivity index (χ2n) is 5.24. The Kier molecular flexibility index (Phi) is 3.79. The first kappa shape index (κ1) is 13.9. The third kappa shape index (κ3) is 3.16. The van der Waals surface area contributed by atoms with Crippen molar-refractivity contribution in [1.82, 2.24) is 9.88 Å². The van der Waals surface area contributed by atoms with E-state index in [0.29, 0.717) is 10.8 Å². The molecule has 6 heteroatoms. The number of carbonyl (C=O) groups excluding carboxylic acids is 1. The van der Waals surface area contributed by atoms with Gasteiger partial charge < -0.3 is 15.0 Å². The van der Waals surface area contributed by atoms with E-state index in [1.54, 1.807) is 0 Å². The molecule has 0 spiro atoms. The molecule has 0 aliphatic heterocycles. The summed E-state index contributed by atoms with van der Waals surface area (Å²) in [6.07, 6.45) is 5.74. The van der Waals surface area contributed by atoms with Gasteiger partial charge in [0.2, 0.25) is 0 Å². The van der Waals surface area contributed by atoms with Crippen molar-refractivity contribution < 1.29 is 14.7 Å². The summed E-state index contributed by atoms with van der Waals surface area (Å²) in [6.45, 7) is 0. The van der Waals surface area contributed by atoms with Crippen LogP contribution in [0.5, 0.6) is 0 Å². The number of rotatable bonds is 6. The lowest BCUT2D eigenvalue weighted by Crippen LogP contribution is -2.38. The zero-order valence-electron chi connectivity index (χ0n) is 11.4. The third-order valence-corrected chi connectivity index (χ3v) is 4.54. The van der Waals surface area contributed by atoms with Gasteiger partial charge in [0.25, 0.3) is 5.91 Å². The molecule has 1 unspecified atom stereocenters. The Balaban J connectivity index is 1.76. The smallest absolute Gasteiger partial charge is 0.305 e. The average molecular weight is 304 g/mol. The number of thiophene rings is 1. The molecule has 1 aliphatic carbocycles. The van der Waals surface area contributed by atoms with Crippen molar-refractivity contribution in [3.05, 3.63) is 40.8 Å². The first-order valence-electron chi connectivity index (χ1n) is 6.88. The standard InChI is InChI=1S/C15H16N2O3S/c18-13(19)9-11(10-3-4-10)16-15(20)14-12(5-8-21-14)17-6-1-2-7-17/h1-2,5-8,10-11H,3-4,9H2,(H,16,20)(H,18,19). The molecule has 5 nitrogen and oxygen atoms in total. The van der Waals surface area contributed by atoms with Gasteiger partial charge in [-0.15, -0.1) is 11.3 Å². The van der Waals surface area contributed by atoms with Crippen LogP contribution in [0.25, 0.3) is 5.69 Å². The van der Waals surface area contributed by atoms with Crippen molar-refractivity contribution in [2.45, 2.75) is 25.3 Å². The fourth-order valence-corrected chi connectivity index (χ4v) is 3.22. The molecule has 110 valence electrons. The van der Waals surface area contributed by atoms with Crippen molar-refractivity contribution in [3.8, 4) is 5.69 Å². The molecule has 1 atom stereocenters. The number of hydrogen-bond acceptors (Lipinski definition) is 3. The molecule has 2 aromatic rings. The van der Waals surface area contributed by atoms with Crippen LogP contribution in [0.1, 0.15) is 28.9 Å². The molecule has 1 fully saturated rings. The van der Waals surface area contributed by atoms with Gasteiger partial charge >= 0.3 is 5.97 Å². The minimum atomic E-state index is -0.871. The first-order valence-corrected chi connectivity index (χ1v) is 7.76. The van der Waals surface area contributed by atoms with E-state index >= 15 is 0 Å². The highest BCUT2D eigenvalue weighted by Gasteiger charge is 2.34. The zero-order valence-corrected chi connectivity index (χ0v) is 12.2. The van der Waals surface area contributed by atoms with Crippen molar-refractivity contribution in [1.29, 1.82) is 0 Å². The monoisotopic (exact) mass is 304 g/mol. The van der Waals surface area contributed by atoms with E-state index in [1.165, 1.54) is 11.3 Å². The lowest BCUT2D eigenvalue weighted by Gasteiger charge is -2.16. The second kappa shape index (κ2) is 5.73. The van der Waals surface area contributed by atoms with Crippen molar-refractivity contribution in [3.63, 3.8) is 0 Å². The van der Waals surface area contributed by atoms with E-state index in [-0.39, 0.29) is 18.4 Å². The van der Waals surface area contributed by atoms with Crippen LogP contribution in [0.2, 0.25) is 0 Å². The number of carboxylic acid groups (broad SMARTS) is 1. The number of aliphatic carboxylic acids is 1. The summed E-state index contributed by atoms with van der Waals surface area (Å²) >= 11 is 1.37. The van der Waals surface area contributed by atoms with Crippen LogP contribution in [0.15, 0.2) is 36.0 Å². The maximum Gasteiger partial charge on any atom is 0.305 e. The van der Waals surface area contributed by atoms with Crippen molar-refractivity contribution in [2.75, 3.05) is 0 Å². The van der Waals surface area contributed by atoms with Crippen molar-refractivity contribution in [2.24, 2.45) is 5.92 Å². The predicted octanol–water partition coefficient (Wildman–Crippen LogP) is 2.52. The van der Waals surface area contributed by atoms with Crippen LogP contribution in [-0.2, 0) is 4.79 Å². The summed E-state index contributed by atoms with van der Waals surface area (Å²) in [6, 6.07) is 5.42. The Bertz CT molecular complexity index is 644. The van der Waals surface area contributed by atoms with Gasteiger partial charge in [-0.1, -0.05) is 0 Å². The van der Waals surface area contributed by atoms with E-state index in [0.717, 1.165) is 18.5 Å². The number of carbonyl (C=O) groups is 2. The maximum atomic E-state index is 12.4. The number of hydrogen-bond donors (Lipinski definition) is 2. The van der Waals surface area contributed by atoms with Gasteiger partial charge in [0, 0.05) is 18.4 Å². The van der Waals surface area contributed by atoms with Crippen LogP contribution in [0.4, 0.5) is 0 Å². The summed E-state index contributed by atoms with van der Waals surface area (Å²) in [5.41, 5.74) is 0.826. The average Bonchev–Trinajstić information content (AvgIpc) is 2.95.